The van der Waals surface area contributed by atoms with Crippen LogP contribution in [0.4, 0.5) is 4.79 Å². The minimum atomic E-state index is -0.361. The highest BCUT2D eigenvalue weighted by molar-refractivity contribution is 5.86. The van der Waals surface area contributed by atoms with Crippen molar-refractivity contribution in [1.82, 2.24) is 5.32 Å². The summed E-state index contributed by atoms with van der Waals surface area (Å²) < 4.78 is 5.77. The highest BCUT2D eigenvalue weighted by Gasteiger charge is 2.57. The number of rotatable bonds is 1. The van der Waals surface area contributed by atoms with Crippen molar-refractivity contribution in [2.24, 2.45) is 17.8 Å². The summed E-state index contributed by atoms with van der Waals surface area (Å²) in [5.74, 6) is 1.30. The van der Waals surface area contributed by atoms with E-state index < -0.39 is 0 Å². The van der Waals surface area contributed by atoms with Gasteiger partial charge in [-0.2, -0.15) is 0 Å². The molecule has 2 unspecified atom stereocenters. The molecule has 0 aromatic heterocycles. The van der Waals surface area contributed by atoms with Crippen LogP contribution < -0.4 is 5.32 Å². The van der Waals surface area contributed by atoms with E-state index in [0.29, 0.717) is 11.7 Å². The standard InChI is InChI=1S/C15H23NO3/c1-14(2,3)16-13(18)19-15-6-9-4-10(7-15)12(17)11(5-9)8-15/h9-11H,4-8H2,1-3H3,(H,16,18). The van der Waals surface area contributed by atoms with Gasteiger partial charge in [-0.3, -0.25) is 4.79 Å². The first-order valence-electron chi connectivity index (χ1n) is 7.31. The molecule has 0 heterocycles. The molecule has 0 radical (unpaired) electrons. The van der Waals surface area contributed by atoms with Crippen LogP contribution in [-0.2, 0) is 9.53 Å². The number of hydrogen-bond acceptors (Lipinski definition) is 3. The van der Waals surface area contributed by atoms with Gasteiger partial charge in [0, 0.05) is 17.4 Å². The fourth-order valence-corrected chi connectivity index (χ4v) is 4.33. The lowest BCUT2D eigenvalue weighted by Crippen LogP contribution is -2.58. The third-order valence-corrected chi connectivity index (χ3v) is 4.72. The normalized spacial score (nSPS) is 40.4. The summed E-state index contributed by atoms with van der Waals surface area (Å²) in [7, 11) is 0. The van der Waals surface area contributed by atoms with E-state index in [9.17, 15) is 9.59 Å². The van der Waals surface area contributed by atoms with Gasteiger partial charge in [0.05, 0.1) is 0 Å². The van der Waals surface area contributed by atoms with Crippen LogP contribution in [0.15, 0.2) is 0 Å². The van der Waals surface area contributed by atoms with E-state index in [2.05, 4.69) is 5.32 Å². The Labute approximate surface area is 114 Å². The van der Waals surface area contributed by atoms with Gasteiger partial charge in [-0.15, -0.1) is 0 Å². The zero-order valence-electron chi connectivity index (χ0n) is 12.0. The van der Waals surface area contributed by atoms with Gasteiger partial charge in [0.25, 0.3) is 0 Å². The lowest BCUT2D eigenvalue weighted by Gasteiger charge is -2.54. The molecule has 4 heteroatoms. The lowest BCUT2D eigenvalue weighted by atomic mass is 9.53. The highest BCUT2D eigenvalue weighted by atomic mass is 16.6. The van der Waals surface area contributed by atoms with Crippen LogP contribution in [0.1, 0.15) is 52.9 Å². The zero-order chi connectivity index (χ0) is 13.8. The maximum absolute atomic E-state index is 12.1. The fourth-order valence-electron chi connectivity index (χ4n) is 4.33. The second-order valence-corrected chi connectivity index (χ2v) is 7.69. The van der Waals surface area contributed by atoms with E-state index in [-0.39, 0.29) is 29.1 Å². The lowest BCUT2D eigenvalue weighted by molar-refractivity contribution is -0.161. The average Bonchev–Trinajstić information content (AvgIpc) is 2.20. The number of carbonyl (C=O) groups is 2. The number of ether oxygens (including phenoxy) is 1. The molecule has 0 saturated heterocycles. The first-order chi connectivity index (χ1) is 8.76. The maximum Gasteiger partial charge on any atom is 0.408 e. The Balaban J connectivity index is 1.71. The number of alkyl carbamates (subject to hydrolysis) is 1. The topological polar surface area (TPSA) is 55.4 Å². The van der Waals surface area contributed by atoms with Crippen LogP contribution >= 0.6 is 0 Å². The van der Waals surface area contributed by atoms with Crippen LogP contribution in [0, 0.1) is 17.8 Å². The molecule has 2 atom stereocenters. The van der Waals surface area contributed by atoms with Gasteiger partial charge in [-0.1, -0.05) is 0 Å². The zero-order valence-corrected chi connectivity index (χ0v) is 12.0. The molecule has 106 valence electrons. The van der Waals surface area contributed by atoms with Gasteiger partial charge in [0.15, 0.2) is 0 Å². The Bertz CT molecular complexity index is 406. The molecular weight excluding hydrogens is 242 g/mol. The molecule has 0 aromatic carbocycles. The Morgan fingerprint density at radius 2 is 1.79 bits per heavy atom. The van der Waals surface area contributed by atoms with E-state index in [0.717, 1.165) is 32.1 Å². The average molecular weight is 265 g/mol. The van der Waals surface area contributed by atoms with Crippen molar-refractivity contribution < 1.29 is 14.3 Å². The van der Waals surface area contributed by atoms with Crippen molar-refractivity contribution in [3.63, 3.8) is 0 Å². The molecule has 0 spiro atoms. The smallest absolute Gasteiger partial charge is 0.408 e. The summed E-state index contributed by atoms with van der Waals surface area (Å²) in [6, 6.07) is 0. The van der Waals surface area contributed by atoms with Crippen LogP contribution in [0.2, 0.25) is 0 Å². The van der Waals surface area contributed by atoms with Gasteiger partial charge in [-0.05, 0) is 58.8 Å². The van der Waals surface area contributed by atoms with Crippen molar-refractivity contribution in [3.05, 3.63) is 0 Å². The van der Waals surface area contributed by atoms with Crippen molar-refractivity contribution in [3.8, 4) is 0 Å². The van der Waals surface area contributed by atoms with Crippen molar-refractivity contribution in [1.29, 1.82) is 0 Å². The van der Waals surface area contributed by atoms with Gasteiger partial charge in [0.1, 0.15) is 11.4 Å². The summed E-state index contributed by atoms with van der Waals surface area (Å²) in [4.78, 5) is 24.1. The third-order valence-electron chi connectivity index (χ3n) is 4.72. The Hall–Kier alpha value is -1.06. The quantitative estimate of drug-likeness (QED) is 0.793. The van der Waals surface area contributed by atoms with E-state index in [1.807, 2.05) is 20.8 Å². The monoisotopic (exact) mass is 265 g/mol. The molecule has 1 N–H and O–H groups in total. The van der Waals surface area contributed by atoms with E-state index in [1.165, 1.54) is 0 Å². The molecule has 19 heavy (non-hydrogen) atoms. The molecule has 4 saturated carbocycles. The predicted octanol–water partition coefficient (Wildman–Crippen LogP) is 2.66. The van der Waals surface area contributed by atoms with Crippen molar-refractivity contribution in [2.75, 3.05) is 0 Å². The van der Waals surface area contributed by atoms with Crippen LogP contribution in [0.25, 0.3) is 0 Å². The Kier molecular flexibility index (Phi) is 2.70. The first-order valence-corrected chi connectivity index (χ1v) is 7.31. The summed E-state index contributed by atoms with van der Waals surface area (Å²) >= 11 is 0. The minimum absolute atomic E-state index is 0.147. The molecule has 4 rings (SSSR count). The Morgan fingerprint density at radius 3 is 2.32 bits per heavy atom. The second-order valence-electron chi connectivity index (χ2n) is 7.69. The molecule has 4 nitrogen and oxygen atoms in total. The number of nitrogens with one attached hydrogen (secondary N) is 1. The van der Waals surface area contributed by atoms with Gasteiger partial charge >= 0.3 is 6.09 Å². The van der Waals surface area contributed by atoms with E-state index >= 15 is 0 Å². The van der Waals surface area contributed by atoms with Gasteiger partial charge in [0.2, 0.25) is 0 Å². The molecule has 4 bridgehead atoms. The van der Waals surface area contributed by atoms with Gasteiger partial charge < -0.3 is 10.1 Å². The van der Waals surface area contributed by atoms with Crippen LogP contribution in [-0.4, -0.2) is 23.0 Å². The molecule has 0 aliphatic heterocycles. The van der Waals surface area contributed by atoms with Crippen molar-refractivity contribution in [2.45, 2.75) is 64.0 Å². The number of carbonyl (C=O) groups excluding carboxylic acids is 2. The van der Waals surface area contributed by atoms with Crippen LogP contribution in [0.5, 0.6) is 0 Å². The number of Topliss-reactive ketones (excluding diaryl/α,β-unsaturated/α-hetero) is 1. The molecule has 4 fully saturated rings. The molecule has 1 amide bonds. The summed E-state index contributed by atoms with van der Waals surface area (Å²) in [5.41, 5.74) is -0.644. The summed E-state index contributed by atoms with van der Waals surface area (Å²) in [5, 5.41) is 2.86. The minimum Gasteiger partial charge on any atom is -0.443 e. The number of ketones is 1. The molecular formula is C15H23NO3. The third kappa shape index (κ3) is 2.37. The SMILES string of the molecule is CC(C)(C)NC(=O)OC12CC3CC(C1)C(=O)C(C3)C2. The highest BCUT2D eigenvalue weighted by Crippen LogP contribution is 2.55. The summed E-state index contributed by atoms with van der Waals surface area (Å²) in [6.07, 6.45) is 4.14. The second kappa shape index (κ2) is 3.97. The van der Waals surface area contributed by atoms with Crippen LogP contribution in [0.3, 0.4) is 0 Å². The number of hydrogen-bond donors (Lipinski definition) is 1. The molecule has 4 aliphatic carbocycles. The predicted molar refractivity (Wildman–Crippen MR) is 70.7 cm³/mol. The fraction of sp³-hybridized carbons (Fsp3) is 0.867. The Morgan fingerprint density at radius 1 is 1.21 bits per heavy atom. The van der Waals surface area contributed by atoms with Gasteiger partial charge in [-0.25, -0.2) is 4.79 Å². The first kappa shape index (κ1) is 12.9. The molecule has 4 aliphatic rings. The van der Waals surface area contributed by atoms with E-state index in [1.54, 1.807) is 0 Å². The largest absolute Gasteiger partial charge is 0.443 e. The maximum atomic E-state index is 12.1. The van der Waals surface area contributed by atoms with E-state index in [4.69, 9.17) is 4.74 Å². The summed E-state index contributed by atoms with van der Waals surface area (Å²) in [6.45, 7) is 5.83. The number of amides is 1. The van der Waals surface area contributed by atoms with Crippen molar-refractivity contribution >= 4 is 11.9 Å². The molecule has 0 aromatic rings.